The van der Waals surface area contributed by atoms with Crippen molar-refractivity contribution in [1.82, 2.24) is 15.1 Å². The molecular formula is C21H27ClFN3O4. The number of halogens is 2. The maximum atomic E-state index is 14.0. The van der Waals surface area contributed by atoms with Crippen LogP contribution in [0, 0.1) is 17.7 Å². The molecule has 1 aromatic rings. The highest BCUT2D eigenvalue weighted by atomic mass is 35.5. The molecule has 2 saturated heterocycles. The summed E-state index contributed by atoms with van der Waals surface area (Å²) < 4.78 is 18.9. The van der Waals surface area contributed by atoms with Crippen LogP contribution in [0.4, 0.5) is 4.39 Å². The van der Waals surface area contributed by atoms with Gasteiger partial charge in [-0.05, 0) is 37.0 Å². The molecule has 2 aliphatic heterocycles. The van der Waals surface area contributed by atoms with E-state index in [1.165, 1.54) is 18.2 Å². The molecule has 9 heteroatoms. The third-order valence-electron chi connectivity index (χ3n) is 5.73. The lowest BCUT2D eigenvalue weighted by Crippen LogP contribution is -2.42. The number of carbonyl (C=O) groups is 3. The lowest BCUT2D eigenvalue weighted by atomic mass is 9.95. The van der Waals surface area contributed by atoms with E-state index < -0.39 is 5.82 Å². The van der Waals surface area contributed by atoms with Crippen LogP contribution in [0.2, 0.25) is 5.02 Å². The van der Waals surface area contributed by atoms with Crippen molar-refractivity contribution in [3.05, 3.63) is 34.6 Å². The van der Waals surface area contributed by atoms with Crippen LogP contribution in [0.15, 0.2) is 18.2 Å². The van der Waals surface area contributed by atoms with E-state index in [-0.39, 0.29) is 41.5 Å². The number of carbonyl (C=O) groups excluding carboxylic acids is 3. The van der Waals surface area contributed by atoms with E-state index in [9.17, 15) is 18.8 Å². The molecule has 1 N–H and O–H groups in total. The van der Waals surface area contributed by atoms with Crippen LogP contribution in [0.1, 0.15) is 29.6 Å². The minimum atomic E-state index is -0.580. The first-order chi connectivity index (χ1) is 14.4. The van der Waals surface area contributed by atoms with Gasteiger partial charge in [-0.3, -0.25) is 14.4 Å². The topological polar surface area (TPSA) is 79.0 Å². The number of rotatable bonds is 7. The second kappa shape index (κ2) is 10.2. The Morgan fingerprint density at radius 3 is 2.73 bits per heavy atom. The first-order valence-corrected chi connectivity index (χ1v) is 10.6. The number of hydrogen-bond acceptors (Lipinski definition) is 4. The predicted molar refractivity (Wildman–Crippen MR) is 110 cm³/mol. The summed E-state index contributed by atoms with van der Waals surface area (Å²) in [6.07, 6.45) is 1.68. The van der Waals surface area contributed by atoms with E-state index in [4.69, 9.17) is 16.3 Å². The Morgan fingerprint density at radius 1 is 1.30 bits per heavy atom. The smallest absolute Gasteiger partial charge is 0.256 e. The van der Waals surface area contributed by atoms with Gasteiger partial charge in [0.15, 0.2) is 0 Å². The van der Waals surface area contributed by atoms with Gasteiger partial charge in [0.25, 0.3) is 5.91 Å². The van der Waals surface area contributed by atoms with Gasteiger partial charge in [0, 0.05) is 51.3 Å². The Balaban J connectivity index is 1.47. The van der Waals surface area contributed by atoms with Gasteiger partial charge in [-0.15, -0.1) is 0 Å². The molecule has 1 unspecified atom stereocenters. The molecular weight excluding hydrogens is 413 g/mol. The van der Waals surface area contributed by atoms with E-state index in [0.717, 1.165) is 12.8 Å². The van der Waals surface area contributed by atoms with Gasteiger partial charge in [-0.1, -0.05) is 11.6 Å². The van der Waals surface area contributed by atoms with Crippen molar-refractivity contribution in [2.75, 3.05) is 46.4 Å². The maximum absolute atomic E-state index is 14.0. The van der Waals surface area contributed by atoms with Crippen LogP contribution < -0.4 is 5.32 Å². The van der Waals surface area contributed by atoms with Crippen molar-refractivity contribution < 1.29 is 23.5 Å². The maximum Gasteiger partial charge on any atom is 0.256 e. The van der Waals surface area contributed by atoms with Crippen LogP contribution in [-0.2, 0) is 14.3 Å². The van der Waals surface area contributed by atoms with Crippen molar-refractivity contribution in [1.29, 1.82) is 0 Å². The van der Waals surface area contributed by atoms with Crippen molar-refractivity contribution >= 4 is 29.3 Å². The van der Waals surface area contributed by atoms with Crippen LogP contribution in [0.5, 0.6) is 0 Å². The summed E-state index contributed by atoms with van der Waals surface area (Å²) in [6.45, 7) is 2.86. The summed E-state index contributed by atoms with van der Waals surface area (Å²) in [5, 5.41) is 3.11. The average molecular weight is 440 g/mol. The molecule has 3 amide bonds. The number of hydrogen-bond donors (Lipinski definition) is 1. The lowest BCUT2D eigenvalue weighted by molar-refractivity contribution is -0.129. The SMILES string of the molecule is COCCNC(=O)C1CC(=O)N(CC2CCN(C(=O)c3cc(Cl)ccc3F)CC2)C1. The monoisotopic (exact) mass is 439 g/mol. The highest BCUT2D eigenvalue weighted by molar-refractivity contribution is 6.31. The molecule has 30 heavy (non-hydrogen) atoms. The normalized spacial score (nSPS) is 20.0. The van der Waals surface area contributed by atoms with Crippen LogP contribution in [0.25, 0.3) is 0 Å². The Morgan fingerprint density at radius 2 is 2.03 bits per heavy atom. The van der Waals surface area contributed by atoms with Crippen LogP contribution >= 0.6 is 11.6 Å². The first-order valence-electron chi connectivity index (χ1n) is 10.2. The van der Waals surface area contributed by atoms with Crippen LogP contribution in [-0.4, -0.2) is 74.0 Å². The minimum absolute atomic E-state index is 0.0126. The number of amides is 3. The summed E-state index contributed by atoms with van der Waals surface area (Å²) in [5.74, 6) is -1.16. The van der Waals surface area contributed by atoms with Gasteiger partial charge >= 0.3 is 0 Å². The van der Waals surface area contributed by atoms with Crippen molar-refractivity contribution in [3.8, 4) is 0 Å². The zero-order valence-electron chi connectivity index (χ0n) is 17.0. The van der Waals surface area contributed by atoms with E-state index in [2.05, 4.69) is 5.32 Å². The molecule has 0 aliphatic carbocycles. The zero-order chi connectivity index (χ0) is 21.7. The Kier molecular flexibility index (Phi) is 7.66. The van der Waals surface area contributed by atoms with Gasteiger partial charge in [0.2, 0.25) is 11.8 Å². The molecule has 164 valence electrons. The number of likely N-dealkylation sites (tertiary alicyclic amines) is 2. The van der Waals surface area contributed by atoms with Gasteiger partial charge in [0.1, 0.15) is 5.82 Å². The molecule has 0 saturated carbocycles. The average Bonchev–Trinajstić information content (AvgIpc) is 3.10. The molecule has 7 nitrogen and oxygen atoms in total. The fourth-order valence-electron chi connectivity index (χ4n) is 4.01. The van der Waals surface area contributed by atoms with Gasteiger partial charge in [-0.2, -0.15) is 0 Å². The number of ether oxygens (including phenoxy) is 1. The molecule has 0 aromatic heterocycles. The minimum Gasteiger partial charge on any atom is -0.383 e. The van der Waals surface area contributed by atoms with Crippen molar-refractivity contribution in [3.63, 3.8) is 0 Å². The molecule has 3 rings (SSSR count). The summed E-state index contributed by atoms with van der Waals surface area (Å²) in [6, 6.07) is 3.97. The molecule has 2 heterocycles. The number of methoxy groups -OCH3 is 1. The quantitative estimate of drug-likeness (QED) is 0.658. The molecule has 0 spiro atoms. The molecule has 1 atom stereocenters. The van der Waals surface area contributed by atoms with Crippen molar-refractivity contribution in [2.24, 2.45) is 11.8 Å². The second-order valence-corrected chi connectivity index (χ2v) is 8.28. The highest BCUT2D eigenvalue weighted by Gasteiger charge is 2.36. The van der Waals surface area contributed by atoms with Gasteiger partial charge in [0.05, 0.1) is 18.1 Å². The Hall–Kier alpha value is -2.19. The summed E-state index contributed by atoms with van der Waals surface area (Å²) in [5.41, 5.74) is -0.0157. The third kappa shape index (κ3) is 5.49. The van der Waals surface area contributed by atoms with E-state index in [0.29, 0.717) is 44.4 Å². The fraction of sp³-hybridized carbons (Fsp3) is 0.571. The van der Waals surface area contributed by atoms with Gasteiger partial charge in [-0.25, -0.2) is 4.39 Å². The molecule has 0 bridgehead atoms. The van der Waals surface area contributed by atoms with Crippen LogP contribution in [0.3, 0.4) is 0 Å². The molecule has 0 radical (unpaired) electrons. The molecule has 1 aromatic carbocycles. The first kappa shape index (κ1) is 22.5. The standard InChI is InChI=1S/C21H27ClFN3O4/c1-30-9-6-24-20(28)15-10-19(27)26(13-15)12-14-4-7-25(8-5-14)21(29)17-11-16(22)2-3-18(17)23/h2-3,11,14-15H,4-10,12-13H2,1H3,(H,24,28). The summed E-state index contributed by atoms with van der Waals surface area (Å²) in [4.78, 5) is 40.5. The van der Waals surface area contributed by atoms with E-state index in [1.807, 2.05) is 0 Å². The largest absolute Gasteiger partial charge is 0.383 e. The summed E-state index contributed by atoms with van der Waals surface area (Å²) >= 11 is 5.89. The zero-order valence-corrected chi connectivity index (χ0v) is 17.8. The summed E-state index contributed by atoms with van der Waals surface area (Å²) in [7, 11) is 1.57. The second-order valence-electron chi connectivity index (χ2n) is 7.84. The fourth-order valence-corrected chi connectivity index (χ4v) is 4.18. The van der Waals surface area contributed by atoms with Gasteiger partial charge < -0.3 is 19.9 Å². The Labute approximate surface area is 180 Å². The molecule has 2 fully saturated rings. The predicted octanol–water partition coefficient (Wildman–Crippen LogP) is 1.94. The highest BCUT2D eigenvalue weighted by Crippen LogP contribution is 2.25. The number of nitrogens with one attached hydrogen (secondary N) is 1. The third-order valence-corrected chi connectivity index (χ3v) is 5.96. The molecule has 2 aliphatic rings. The number of piperidine rings is 1. The van der Waals surface area contributed by atoms with Crippen molar-refractivity contribution in [2.45, 2.75) is 19.3 Å². The number of benzene rings is 1. The van der Waals surface area contributed by atoms with E-state index in [1.54, 1.807) is 16.9 Å². The Bertz CT molecular complexity index is 798. The lowest BCUT2D eigenvalue weighted by Gasteiger charge is -2.34. The number of nitrogens with zero attached hydrogens (tertiary/aromatic N) is 2. The van der Waals surface area contributed by atoms with E-state index >= 15 is 0 Å².